The van der Waals surface area contributed by atoms with Gasteiger partial charge in [-0.3, -0.25) is 4.79 Å². The fourth-order valence-corrected chi connectivity index (χ4v) is 3.88. The summed E-state index contributed by atoms with van der Waals surface area (Å²) in [5.74, 6) is 1.16. The summed E-state index contributed by atoms with van der Waals surface area (Å²) in [6.07, 6.45) is 1.67. The zero-order valence-corrected chi connectivity index (χ0v) is 20.4. The number of hydrogen-bond acceptors (Lipinski definition) is 6. The molecule has 0 spiro atoms. The number of pyridine rings is 1. The molecule has 0 aliphatic carbocycles. The molecule has 5 aromatic rings. The van der Waals surface area contributed by atoms with Gasteiger partial charge < -0.3 is 19.2 Å². The number of carbonyl (C=O) groups excluding carboxylic acids is 1. The van der Waals surface area contributed by atoms with Crippen molar-refractivity contribution >= 4 is 34.4 Å². The Morgan fingerprint density at radius 3 is 2.64 bits per heavy atom. The first-order chi connectivity index (χ1) is 17.5. The number of oxazole rings is 1. The summed E-state index contributed by atoms with van der Waals surface area (Å²) in [6.45, 7) is 2.25. The largest absolute Gasteiger partial charge is 0.493 e. The van der Waals surface area contributed by atoms with Gasteiger partial charge in [0, 0.05) is 28.0 Å². The standard InChI is InChI=1S/C28H22ClN3O4/c1-17-21(28-32-26-24(36-28)7-4-14-30-26)5-3-6-22(17)31-27(33)19-10-13-23(25(15-19)34-2)35-16-18-8-11-20(29)12-9-18/h3-15H,16H2,1-2H3,(H,31,33). The number of methoxy groups -OCH3 is 1. The third-order valence-electron chi connectivity index (χ3n) is 5.71. The zero-order chi connectivity index (χ0) is 25.1. The number of fused-ring (bicyclic) bond motifs is 1. The maximum atomic E-state index is 13.1. The van der Waals surface area contributed by atoms with E-state index in [0.29, 0.717) is 51.5 Å². The maximum absolute atomic E-state index is 13.1. The predicted molar refractivity (Wildman–Crippen MR) is 139 cm³/mol. The van der Waals surface area contributed by atoms with E-state index in [1.54, 1.807) is 30.5 Å². The molecule has 7 nitrogen and oxygen atoms in total. The number of nitrogens with zero attached hydrogens (tertiary/aromatic N) is 2. The number of nitrogens with one attached hydrogen (secondary N) is 1. The smallest absolute Gasteiger partial charge is 0.255 e. The molecule has 0 unspecified atom stereocenters. The lowest BCUT2D eigenvalue weighted by molar-refractivity contribution is 0.102. The van der Waals surface area contributed by atoms with Crippen LogP contribution in [0.4, 0.5) is 5.69 Å². The van der Waals surface area contributed by atoms with Gasteiger partial charge in [-0.2, -0.15) is 4.98 Å². The first-order valence-corrected chi connectivity index (χ1v) is 11.6. The average Bonchev–Trinajstić information content (AvgIpc) is 3.33. The second-order valence-corrected chi connectivity index (χ2v) is 8.49. The molecule has 2 heterocycles. The Balaban J connectivity index is 1.34. The number of hydrogen-bond donors (Lipinski definition) is 1. The van der Waals surface area contributed by atoms with Gasteiger partial charge >= 0.3 is 0 Å². The van der Waals surface area contributed by atoms with Crippen LogP contribution in [0.25, 0.3) is 22.7 Å². The van der Waals surface area contributed by atoms with Crippen LogP contribution in [0.5, 0.6) is 11.5 Å². The van der Waals surface area contributed by atoms with E-state index in [0.717, 1.165) is 16.7 Å². The molecule has 0 saturated carbocycles. The van der Waals surface area contributed by atoms with Crippen LogP contribution >= 0.6 is 11.6 Å². The summed E-state index contributed by atoms with van der Waals surface area (Å²) >= 11 is 5.94. The molecule has 5 rings (SSSR count). The Kier molecular flexibility index (Phi) is 6.56. The van der Waals surface area contributed by atoms with E-state index in [1.165, 1.54) is 7.11 Å². The molecule has 3 aromatic carbocycles. The molecule has 0 radical (unpaired) electrons. The van der Waals surface area contributed by atoms with Crippen LogP contribution in [0, 0.1) is 6.92 Å². The fraction of sp³-hybridized carbons (Fsp3) is 0.107. The number of rotatable bonds is 7. The van der Waals surface area contributed by atoms with E-state index in [1.807, 2.05) is 55.5 Å². The Morgan fingerprint density at radius 1 is 1.03 bits per heavy atom. The van der Waals surface area contributed by atoms with Crippen LogP contribution in [-0.2, 0) is 6.61 Å². The molecule has 36 heavy (non-hydrogen) atoms. The van der Waals surface area contributed by atoms with E-state index in [9.17, 15) is 4.79 Å². The van der Waals surface area contributed by atoms with Crippen LogP contribution in [-0.4, -0.2) is 23.0 Å². The highest BCUT2D eigenvalue weighted by atomic mass is 35.5. The normalized spacial score (nSPS) is 10.9. The Bertz CT molecular complexity index is 1510. The van der Waals surface area contributed by atoms with Crippen molar-refractivity contribution in [1.82, 2.24) is 9.97 Å². The first-order valence-electron chi connectivity index (χ1n) is 11.2. The second kappa shape index (κ2) is 10.1. The van der Waals surface area contributed by atoms with E-state index in [-0.39, 0.29) is 5.91 Å². The van der Waals surface area contributed by atoms with Gasteiger partial charge in [0.2, 0.25) is 5.89 Å². The van der Waals surface area contributed by atoms with Gasteiger partial charge in [-0.1, -0.05) is 29.8 Å². The summed E-state index contributed by atoms with van der Waals surface area (Å²) in [5, 5.41) is 3.64. The third-order valence-corrected chi connectivity index (χ3v) is 5.96. The highest BCUT2D eigenvalue weighted by Gasteiger charge is 2.16. The average molecular weight is 500 g/mol. The SMILES string of the molecule is COc1cc(C(=O)Nc2cccc(-c3nc4ncccc4o3)c2C)ccc1OCc1ccc(Cl)cc1. The molecule has 0 aliphatic rings. The molecule has 0 fully saturated rings. The quantitative estimate of drug-likeness (QED) is 0.268. The Morgan fingerprint density at radius 2 is 1.86 bits per heavy atom. The maximum Gasteiger partial charge on any atom is 0.255 e. The Labute approximate surface area is 212 Å². The third kappa shape index (κ3) is 4.87. The van der Waals surface area contributed by atoms with E-state index < -0.39 is 0 Å². The number of ether oxygens (including phenoxy) is 2. The van der Waals surface area contributed by atoms with Crippen LogP contribution in [0.1, 0.15) is 21.5 Å². The van der Waals surface area contributed by atoms with Gasteiger partial charge in [0.05, 0.1) is 7.11 Å². The number of carbonyl (C=O) groups is 1. The van der Waals surface area contributed by atoms with Gasteiger partial charge in [-0.25, -0.2) is 4.98 Å². The van der Waals surface area contributed by atoms with Crippen LogP contribution in [0.2, 0.25) is 5.02 Å². The minimum absolute atomic E-state index is 0.281. The Hall–Kier alpha value is -4.36. The van der Waals surface area contributed by atoms with E-state index >= 15 is 0 Å². The summed E-state index contributed by atoms with van der Waals surface area (Å²) in [6, 6.07) is 21.6. The molecule has 8 heteroatoms. The van der Waals surface area contributed by atoms with E-state index in [4.69, 9.17) is 25.5 Å². The molecule has 0 saturated heterocycles. The van der Waals surface area contributed by atoms with Crippen molar-refractivity contribution in [3.05, 3.63) is 101 Å². The molecule has 0 bridgehead atoms. The highest BCUT2D eigenvalue weighted by Crippen LogP contribution is 2.32. The molecule has 1 N–H and O–H groups in total. The molecular weight excluding hydrogens is 478 g/mol. The minimum Gasteiger partial charge on any atom is -0.493 e. The number of amides is 1. The zero-order valence-electron chi connectivity index (χ0n) is 19.6. The van der Waals surface area contributed by atoms with Crippen molar-refractivity contribution in [2.75, 3.05) is 12.4 Å². The lowest BCUT2D eigenvalue weighted by Gasteiger charge is -2.14. The fourth-order valence-electron chi connectivity index (χ4n) is 3.75. The van der Waals surface area contributed by atoms with Gasteiger partial charge in [0.1, 0.15) is 6.61 Å². The van der Waals surface area contributed by atoms with Crippen molar-refractivity contribution < 1.29 is 18.7 Å². The van der Waals surface area contributed by atoms with E-state index in [2.05, 4.69) is 15.3 Å². The minimum atomic E-state index is -0.281. The predicted octanol–water partition coefficient (Wildman–Crippen LogP) is 6.69. The number of halogens is 1. The van der Waals surface area contributed by atoms with Gasteiger partial charge in [0.25, 0.3) is 5.91 Å². The first kappa shape index (κ1) is 23.4. The summed E-state index contributed by atoms with van der Waals surface area (Å²) in [5.41, 5.74) is 4.78. The van der Waals surface area contributed by atoms with Crippen molar-refractivity contribution in [1.29, 1.82) is 0 Å². The van der Waals surface area contributed by atoms with Crippen molar-refractivity contribution in [3.63, 3.8) is 0 Å². The van der Waals surface area contributed by atoms with Crippen molar-refractivity contribution in [3.8, 4) is 23.0 Å². The molecule has 180 valence electrons. The molecule has 0 atom stereocenters. The lowest BCUT2D eigenvalue weighted by Crippen LogP contribution is -2.13. The summed E-state index contributed by atoms with van der Waals surface area (Å²) < 4.78 is 17.2. The van der Waals surface area contributed by atoms with Gasteiger partial charge in [-0.05, 0) is 72.6 Å². The number of anilines is 1. The monoisotopic (exact) mass is 499 g/mol. The highest BCUT2D eigenvalue weighted by molar-refractivity contribution is 6.30. The summed E-state index contributed by atoms with van der Waals surface area (Å²) in [7, 11) is 1.54. The topological polar surface area (TPSA) is 86.5 Å². The van der Waals surface area contributed by atoms with Gasteiger partial charge in [0.15, 0.2) is 22.7 Å². The molecule has 1 amide bonds. The lowest BCUT2D eigenvalue weighted by atomic mass is 10.1. The van der Waals surface area contributed by atoms with Crippen molar-refractivity contribution in [2.24, 2.45) is 0 Å². The molecular formula is C28H22ClN3O4. The van der Waals surface area contributed by atoms with Gasteiger partial charge in [-0.15, -0.1) is 0 Å². The number of aromatic nitrogens is 2. The van der Waals surface area contributed by atoms with Crippen molar-refractivity contribution in [2.45, 2.75) is 13.5 Å². The van der Waals surface area contributed by atoms with Crippen LogP contribution in [0.15, 0.2) is 83.4 Å². The molecule has 2 aromatic heterocycles. The summed E-state index contributed by atoms with van der Waals surface area (Å²) in [4.78, 5) is 21.8. The molecule has 0 aliphatic heterocycles. The van der Waals surface area contributed by atoms with Crippen LogP contribution in [0.3, 0.4) is 0 Å². The number of benzene rings is 3. The van der Waals surface area contributed by atoms with Crippen LogP contribution < -0.4 is 14.8 Å². The second-order valence-electron chi connectivity index (χ2n) is 8.06.